The third kappa shape index (κ3) is 1.26. The van der Waals surface area contributed by atoms with Crippen LogP contribution < -0.4 is 0 Å². The Morgan fingerprint density at radius 1 is 1.71 bits per heavy atom. The number of allylic oxidation sites excluding steroid dienone is 2. The minimum atomic E-state index is 1.28. The molecule has 0 bridgehead atoms. The van der Waals surface area contributed by atoms with Crippen molar-refractivity contribution in [3.05, 3.63) is 28.2 Å². The fourth-order valence-corrected chi connectivity index (χ4v) is 0.877. The van der Waals surface area contributed by atoms with Crippen LogP contribution in [0.25, 0.3) is 0 Å². The van der Waals surface area contributed by atoms with Gasteiger partial charge in [0, 0.05) is 5.41 Å². The molecule has 1 rings (SSSR count). The first-order valence-electron chi connectivity index (χ1n) is 2.13. The molecule has 0 amide bonds. The molecule has 0 aromatic carbocycles. The van der Waals surface area contributed by atoms with E-state index >= 15 is 0 Å². The van der Waals surface area contributed by atoms with Crippen LogP contribution in [-0.2, 0) is 0 Å². The van der Waals surface area contributed by atoms with Gasteiger partial charge in [-0.3, -0.25) is 0 Å². The largest absolute Gasteiger partial charge is 0.113 e. The van der Waals surface area contributed by atoms with Crippen LogP contribution in [-0.4, -0.2) is 0 Å². The Hall–Kier alpha value is -0.390. The maximum atomic E-state index is 2.98. The second-order valence-electron chi connectivity index (χ2n) is 1.43. The minimum Gasteiger partial charge on any atom is -0.113 e. The number of thioether (sulfide) groups is 1. The third-order valence-corrected chi connectivity index (χ3v) is 1.48. The van der Waals surface area contributed by atoms with E-state index in [0.717, 1.165) is 0 Å². The highest BCUT2D eigenvalue weighted by molar-refractivity contribution is 8.04. The van der Waals surface area contributed by atoms with E-state index in [4.69, 9.17) is 0 Å². The van der Waals surface area contributed by atoms with Crippen molar-refractivity contribution in [2.75, 3.05) is 0 Å². The van der Waals surface area contributed by atoms with Crippen molar-refractivity contribution in [2.45, 2.75) is 6.92 Å². The van der Waals surface area contributed by atoms with E-state index in [1.54, 1.807) is 11.8 Å². The lowest BCUT2D eigenvalue weighted by molar-refractivity contribution is 1.56. The van der Waals surface area contributed by atoms with Gasteiger partial charge in [0.15, 0.2) is 0 Å². The van der Waals surface area contributed by atoms with Gasteiger partial charge in [-0.1, -0.05) is 11.8 Å². The highest BCUT2D eigenvalue weighted by Gasteiger charge is 1.81. The summed E-state index contributed by atoms with van der Waals surface area (Å²) in [5.41, 5.74) is 4.26. The van der Waals surface area contributed by atoms with Crippen molar-refractivity contribution in [1.82, 2.24) is 0 Å². The molecular weight excluding hydrogens is 104 g/mol. The van der Waals surface area contributed by atoms with Crippen LogP contribution in [0.4, 0.5) is 0 Å². The van der Waals surface area contributed by atoms with Gasteiger partial charge in [-0.15, -0.1) is 5.73 Å². The molecule has 0 atom stereocenters. The van der Waals surface area contributed by atoms with Crippen LogP contribution in [0.5, 0.6) is 0 Å². The Morgan fingerprint density at radius 2 is 2.57 bits per heavy atom. The van der Waals surface area contributed by atoms with E-state index in [-0.39, 0.29) is 0 Å². The van der Waals surface area contributed by atoms with Gasteiger partial charge in [0.05, 0.1) is 0 Å². The van der Waals surface area contributed by atoms with Crippen molar-refractivity contribution in [1.29, 1.82) is 0 Å². The second kappa shape index (κ2) is 2.06. The van der Waals surface area contributed by atoms with Gasteiger partial charge in [-0.2, -0.15) is 0 Å². The summed E-state index contributed by atoms with van der Waals surface area (Å²) in [4.78, 5) is 0. The zero-order chi connectivity index (χ0) is 5.11. The smallest absolute Gasteiger partial charge is 0.0173 e. The second-order valence-corrected chi connectivity index (χ2v) is 2.17. The molecule has 1 heteroatoms. The molecule has 0 saturated heterocycles. The van der Waals surface area contributed by atoms with Crippen LogP contribution in [0.3, 0.4) is 0 Å². The predicted octanol–water partition coefficient (Wildman–Crippen LogP) is 2.31. The van der Waals surface area contributed by atoms with Crippen molar-refractivity contribution >= 4 is 11.8 Å². The molecule has 0 aliphatic carbocycles. The topological polar surface area (TPSA) is 0 Å². The Morgan fingerprint density at radius 3 is 2.86 bits per heavy atom. The van der Waals surface area contributed by atoms with E-state index in [0.29, 0.717) is 0 Å². The van der Waals surface area contributed by atoms with Crippen molar-refractivity contribution < 1.29 is 0 Å². The lowest BCUT2D eigenvalue weighted by atomic mass is 10.3. The molecule has 7 heavy (non-hydrogen) atoms. The molecule has 1 aliphatic heterocycles. The first-order chi connectivity index (χ1) is 3.39. The van der Waals surface area contributed by atoms with E-state index in [1.807, 2.05) is 11.5 Å². The molecule has 0 nitrogen and oxygen atoms in total. The van der Waals surface area contributed by atoms with Gasteiger partial charge in [-0.05, 0) is 24.0 Å². The summed E-state index contributed by atoms with van der Waals surface area (Å²) < 4.78 is 0. The van der Waals surface area contributed by atoms with E-state index in [2.05, 4.69) is 18.1 Å². The van der Waals surface area contributed by atoms with Crippen molar-refractivity contribution in [3.63, 3.8) is 0 Å². The van der Waals surface area contributed by atoms with Crippen LogP contribution in [0.2, 0.25) is 0 Å². The zero-order valence-corrected chi connectivity index (χ0v) is 4.96. The molecule has 0 N–H and O–H groups in total. The summed E-state index contributed by atoms with van der Waals surface area (Å²) in [5.74, 6) is 0. The van der Waals surface area contributed by atoms with Crippen molar-refractivity contribution in [3.8, 4) is 0 Å². The molecule has 0 aromatic heterocycles. The molecule has 0 saturated carbocycles. The molecular formula is C6H6S. The van der Waals surface area contributed by atoms with Crippen molar-refractivity contribution in [2.24, 2.45) is 0 Å². The third-order valence-electron chi connectivity index (χ3n) is 0.701. The molecule has 0 spiro atoms. The van der Waals surface area contributed by atoms with E-state index in [9.17, 15) is 0 Å². The summed E-state index contributed by atoms with van der Waals surface area (Å²) in [7, 11) is 0. The normalized spacial score (nSPS) is 17.0. The SMILES string of the molecule is CC1=CSC=C=C1. The summed E-state index contributed by atoms with van der Waals surface area (Å²) in [6, 6.07) is 0. The summed E-state index contributed by atoms with van der Waals surface area (Å²) in [6.45, 7) is 2.06. The molecule has 0 aromatic rings. The van der Waals surface area contributed by atoms with Crippen LogP contribution in [0, 0.1) is 0 Å². The minimum absolute atomic E-state index is 1.28. The number of hydrogen-bond acceptors (Lipinski definition) is 1. The van der Waals surface area contributed by atoms with Crippen LogP contribution >= 0.6 is 11.8 Å². The van der Waals surface area contributed by atoms with Crippen LogP contribution in [0.15, 0.2) is 28.2 Å². The summed E-state index contributed by atoms with van der Waals surface area (Å²) >= 11 is 1.67. The standard InChI is InChI=1S/C6H6S/c1-6-3-2-4-7-5-6/h3-5H,1H3. The Bertz CT molecular complexity index is 148. The maximum Gasteiger partial charge on any atom is 0.0173 e. The molecule has 0 fully saturated rings. The quantitative estimate of drug-likeness (QED) is 0.431. The van der Waals surface area contributed by atoms with Gasteiger partial charge in [-0.25, -0.2) is 0 Å². The highest BCUT2D eigenvalue weighted by Crippen LogP contribution is 2.11. The Balaban J connectivity index is 2.82. The molecule has 0 radical (unpaired) electrons. The van der Waals surface area contributed by atoms with Gasteiger partial charge in [0.25, 0.3) is 0 Å². The lowest BCUT2D eigenvalue weighted by Gasteiger charge is -1.89. The van der Waals surface area contributed by atoms with Gasteiger partial charge in [0.2, 0.25) is 0 Å². The average molecular weight is 110 g/mol. The predicted molar refractivity (Wildman–Crippen MR) is 34.0 cm³/mol. The number of hydrogen-bond donors (Lipinski definition) is 0. The van der Waals surface area contributed by atoms with Crippen LogP contribution in [0.1, 0.15) is 6.92 Å². The van der Waals surface area contributed by atoms with Gasteiger partial charge >= 0.3 is 0 Å². The molecule has 36 valence electrons. The first-order valence-corrected chi connectivity index (χ1v) is 3.07. The maximum absolute atomic E-state index is 2.98. The lowest BCUT2D eigenvalue weighted by Crippen LogP contribution is -1.63. The molecule has 0 unspecified atom stereocenters. The van der Waals surface area contributed by atoms with E-state index < -0.39 is 0 Å². The van der Waals surface area contributed by atoms with Gasteiger partial charge in [0.1, 0.15) is 0 Å². The number of rotatable bonds is 0. The summed E-state index contributed by atoms with van der Waals surface area (Å²) in [5, 5.41) is 4.03. The first kappa shape index (κ1) is 4.76. The van der Waals surface area contributed by atoms with Gasteiger partial charge < -0.3 is 0 Å². The highest BCUT2D eigenvalue weighted by atomic mass is 32.2. The Kier molecular flexibility index (Phi) is 1.40. The fraction of sp³-hybridized carbons (Fsp3) is 0.167. The molecule has 1 heterocycles. The van der Waals surface area contributed by atoms with E-state index in [1.165, 1.54) is 5.57 Å². The zero-order valence-electron chi connectivity index (χ0n) is 4.14. The average Bonchev–Trinajstić information content (AvgIpc) is 1.69. The monoisotopic (exact) mass is 110 g/mol. The summed E-state index contributed by atoms with van der Waals surface area (Å²) in [6.07, 6.45) is 1.97. The fourth-order valence-electron chi connectivity index (χ4n) is 0.380. The molecule has 1 aliphatic rings. The Labute approximate surface area is 47.6 Å².